The molecule has 8 nitrogen and oxygen atoms in total. The minimum atomic E-state index is -0.743. The van der Waals surface area contributed by atoms with E-state index in [1.165, 1.54) is 38.4 Å². The predicted molar refractivity (Wildman–Crippen MR) is 84.4 cm³/mol. The molecule has 0 radical (unpaired) electrons. The lowest BCUT2D eigenvalue weighted by Crippen LogP contribution is -2.38. The summed E-state index contributed by atoms with van der Waals surface area (Å²) in [6, 6.07) is 5.40. The lowest BCUT2D eigenvalue weighted by Gasteiger charge is -2.07. The van der Waals surface area contributed by atoms with Crippen molar-refractivity contribution in [1.29, 1.82) is 0 Å². The first-order valence-corrected chi connectivity index (χ1v) is 6.86. The van der Waals surface area contributed by atoms with Gasteiger partial charge in [-0.3, -0.25) is 18.7 Å². The highest BCUT2D eigenvalue weighted by molar-refractivity contribution is 5.84. The monoisotopic (exact) mass is 334 g/mol. The Morgan fingerprint density at radius 2 is 1.88 bits per heavy atom. The van der Waals surface area contributed by atoms with E-state index in [1.807, 2.05) is 0 Å². The maximum absolute atomic E-state index is 12.8. The summed E-state index contributed by atoms with van der Waals surface area (Å²) < 4.78 is 14.5. The molecule has 0 aliphatic carbocycles. The first-order valence-electron chi connectivity index (χ1n) is 6.86. The molecule has 9 heteroatoms. The SMILES string of the molecule is Cn1c(O)c(/C=N/NC(=O)Cc2ccc(F)cc2)c(=O)n(C)c1=O. The van der Waals surface area contributed by atoms with E-state index in [0.717, 1.165) is 15.3 Å². The number of benzene rings is 1. The highest BCUT2D eigenvalue weighted by atomic mass is 19.1. The van der Waals surface area contributed by atoms with Crippen LogP contribution in [0.2, 0.25) is 0 Å². The zero-order chi connectivity index (χ0) is 17.9. The second-order valence-electron chi connectivity index (χ2n) is 5.04. The summed E-state index contributed by atoms with van der Waals surface area (Å²) in [5.41, 5.74) is 1.12. The van der Waals surface area contributed by atoms with Gasteiger partial charge in [-0.15, -0.1) is 0 Å². The fraction of sp³-hybridized carbons (Fsp3) is 0.200. The highest BCUT2D eigenvalue weighted by Gasteiger charge is 2.13. The molecule has 0 aliphatic rings. The molecule has 0 saturated carbocycles. The Morgan fingerprint density at radius 1 is 1.25 bits per heavy atom. The first-order chi connectivity index (χ1) is 11.3. The van der Waals surface area contributed by atoms with E-state index < -0.39 is 28.9 Å². The third-order valence-electron chi connectivity index (χ3n) is 3.33. The summed E-state index contributed by atoms with van der Waals surface area (Å²) in [7, 11) is 2.55. The van der Waals surface area contributed by atoms with Crippen molar-refractivity contribution >= 4 is 12.1 Å². The van der Waals surface area contributed by atoms with Crippen LogP contribution in [0, 0.1) is 5.82 Å². The van der Waals surface area contributed by atoms with Gasteiger partial charge in [-0.25, -0.2) is 14.6 Å². The van der Waals surface area contributed by atoms with Crippen LogP contribution in [0.1, 0.15) is 11.1 Å². The molecule has 24 heavy (non-hydrogen) atoms. The number of carbonyl (C=O) groups excluding carboxylic acids is 1. The largest absolute Gasteiger partial charge is 0.494 e. The van der Waals surface area contributed by atoms with Crippen LogP contribution in [0.3, 0.4) is 0 Å². The van der Waals surface area contributed by atoms with Crippen molar-refractivity contribution in [2.24, 2.45) is 19.2 Å². The maximum atomic E-state index is 12.8. The third-order valence-corrected chi connectivity index (χ3v) is 3.33. The van der Waals surface area contributed by atoms with Crippen LogP contribution in [0.4, 0.5) is 4.39 Å². The third kappa shape index (κ3) is 3.57. The van der Waals surface area contributed by atoms with E-state index >= 15 is 0 Å². The molecular weight excluding hydrogens is 319 g/mol. The maximum Gasteiger partial charge on any atom is 0.333 e. The molecule has 0 saturated heterocycles. The Balaban J connectivity index is 2.12. The number of hydrogen-bond donors (Lipinski definition) is 2. The van der Waals surface area contributed by atoms with Crippen molar-refractivity contribution in [3.05, 3.63) is 62.0 Å². The molecule has 126 valence electrons. The molecule has 1 amide bonds. The first kappa shape index (κ1) is 17.1. The van der Waals surface area contributed by atoms with Crippen LogP contribution in [-0.4, -0.2) is 26.4 Å². The van der Waals surface area contributed by atoms with Gasteiger partial charge in [-0.2, -0.15) is 5.10 Å². The number of hydrazone groups is 1. The van der Waals surface area contributed by atoms with Crippen LogP contribution in [-0.2, 0) is 25.3 Å². The smallest absolute Gasteiger partial charge is 0.333 e. The molecule has 0 bridgehead atoms. The van der Waals surface area contributed by atoms with E-state index in [9.17, 15) is 23.9 Å². The molecule has 2 aromatic rings. The van der Waals surface area contributed by atoms with Crippen molar-refractivity contribution in [2.45, 2.75) is 6.42 Å². The van der Waals surface area contributed by atoms with E-state index in [-0.39, 0.29) is 12.0 Å². The summed E-state index contributed by atoms with van der Waals surface area (Å²) in [4.78, 5) is 35.2. The van der Waals surface area contributed by atoms with Gasteiger partial charge in [0.25, 0.3) is 5.56 Å². The van der Waals surface area contributed by atoms with Crippen LogP contribution >= 0.6 is 0 Å². The van der Waals surface area contributed by atoms with Gasteiger partial charge in [0.1, 0.15) is 11.4 Å². The number of amides is 1. The molecule has 1 heterocycles. The number of nitrogens with zero attached hydrogens (tertiary/aromatic N) is 3. The molecule has 1 aromatic carbocycles. The second-order valence-corrected chi connectivity index (χ2v) is 5.04. The van der Waals surface area contributed by atoms with E-state index in [1.54, 1.807) is 0 Å². The number of carbonyl (C=O) groups is 1. The molecule has 0 fully saturated rings. The molecule has 0 unspecified atom stereocenters. The van der Waals surface area contributed by atoms with Crippen LogP contribution in [0.25, 0.3) is 0 Å². The van der Waals surface area contributed by atoms with Crippen LogP contribution in [0.5, 0.6) is 5.88 Å². The number of rotatable bonds is 4. The Morgan fingerprint density at radius 3 is 2.50 bits per heavy atom. The standard InChI is InChI=1S/C15H15FN4O4/c1-19-13(22)11(14(23)20(2)15(19)24)8-17-18-12(21)7-9-3-5-10(16)6-4-9/h3-6,8,22H,7H2,1-2H3,(H,18,21)/b17-8+. The lowest BCUT2D eigenvalue weighted by atomic mass is 10.1. The van der Waals surface area contributed by atoms with Crippen molar-refractivity contribution in [2.75, 3.05) is 0 Å². The minimum absolute atomic E-state index is 0.0328. The number of hydrogen-bond acceptors (Lipinski definition) is 5. The number of halogens is 1. The summed E-state index contributed by atoms with van der Waals surface area (Å²) in [5.74, 6) is -1.45. The highest BCUT2D eigenvalue weighted by Crippen LogP contribution is 2.06. The molecule has 0 aliphatic heterocycles. The zero-order valence-corrected chi connectivity index (χ0v) is 13.0. The summed E-state index contributed by atoms with van der Waals surface area (Å²) in [6.45, 7) is 0. The molecule has 1 aromatic heterocycles. The van der Waals surface area contributed by atoms with Crippen molar-refractivity contribution < 1.29 is 14.3 Å². The molecular formula is C15H15FN4O4. The van der Waals surface area contributed by atoms with Gasteiger partial charge < -0.3 is 5.11 Å². The van der Waals surface area contributed by atoms with Gasteiger partial charge in [-0.05, 0) is 17.7 Å². The van der Waals surface area contributed by atoms with Crippen LogP contribution < -0.4 is 16.7 Å². The number of aromatic nitrogens is 2. The Bertz CT molecular complexity index is 913. The average molecular weight is 334 g/mol. The number of nitrogens with one attached hydrogen (secondary N) is 1. The van der Waals surface area contributed by atoms with Gasteiger partial charge >= 0.3 is 5.69 Å². The van der Waals surface area contributed by atoms with Crippen molar-refractivity contribution in [3.63, 3.8) is 0 Å². The Labute approximate surface area is 135 Å². The van der Waals surface area contributed by atoms with Gasteiger partial charge in [0.15, 0.2) is 0 Å². The minimum Gasteiger partial charge on any atom is -0.494 e. The molecule has 2 N–H and O–H groups in total. The summed E-state index contributed by atoms with van der Waals surface area (Å²) in [5, 5.41) is 13.4. The zero-order valence-electron chi connectivity index (χ0n) is 13.0. The Hall–Kier alpha value is -3.23. The molecule has 0 atom stereocenters. The average Bonchev–Trinajstić information content (AvgIpc) is 2.56. The fourth-order valence-corrected chi connectivity index (χ4v) is 1.97. The van der Waals surface area contributed by atoms with Gasteiger partial charge in [-0.1, -0.05) is 12.1 Å². The normalized spacial score (nSPS) is 11.0. The Kier molecular flexibility index (Phi) is 4.93. The fourth-order valence-electron chi connectivity index (χ4n) is 1.97. The van der Waals surface area contributed by atoms with Gasteiger partial charge in [0, 0.05) is 14.1 Å². The van der Waals surface area contributed by atoms with E-state index in [2.05, 4.69) is 10.5 Å². The quantitative estimate of drug-likeness (QED) is 0.587. The summed E-state index contributed by atoms with van der Waals surface area (Å²) in [6.07, 6.45) is 0.925. The van der Waals surface area contributed by atoms with Crippen molar-refractivity contribution in [3.8, 4) is 5.88 Å². The van der Waals surface area contributed by atoms with E-state index in [4.69, 9.17) is 0 Å². The van der Waals surface area contributed by atoms with Crippen LogP contribution in [0.15, 0.2) is 39.0 Å². The predicted octanol–water partition coefficient (Wildman–Crippen LogP) is -0.379. The van der Waals surface area contributed by atoms with Gasteiger partial charge in [0.05, 0.1) is 12.6 Å². The molecule has 0 spiro atoms. The molecule has 2 rings (SSSR count). The van der Waals surface area contributed by atoms with Gasteiger partial charge in [0.2, 0.25) is 11.8 Å². The number of aromatic hydroxyl groups is 1. The second kappa shape index (κ2) is 6.90. The van der Waals surface area contributed by atoms with Crippen molar-refractivity contribution in [1.82, 2.24) is 14.6 Å². The topological polar surface area (TPSA) is 106 Å². The summed E-state index contributed by atoms with van der Waals surface area (Å²) >= 11 is 0. The lowest BCUT2D eigenvalue weighted by molar-refractivity contribution is -0.120. The van der Waals surface area contributed by atoms with E-state index in [0.29, 0.717) is 5.56 Å².